The average Bonchev–Trinajstić information content (AvgIpc) is 3.20. The summed E-state index contributed by atoms with van der Waals surface area (Å²) in [6.45, 7) is 1.36. The first-order valence-electron chi connectivity index (χ1n) is 7.88. The van der Waals surface area contributed by atoms with Gasteiger partial charge in [0.15, 0.2) is 11.4 Å². The second-order valence-corrected chi connectivity index (χ2v) is 6.07. The van der Waals surface area contributed by atoms with Crippen LogP contribution >= 0.6 is 0 Å². The van der Waals surface area contributed by atoms with Crippen molar-refractivity contribution in [2.24, 2.45) is 0 Å². The molecule has 0 amide bonds. The Labute approximate surface area is 133 Å². The molecule has 0 aromatic carbocycles. The zero-order valence-corrected chi connectivity index (χ0v) is 12.6. The Hall–Kier alpha value is -2.31. The third-order valence-corrected chi connectivity index (χ3v) is 4.61. The first-order chi connectivity index (χ1) is 11.3. The van der Waals surface area contributed by atoms with Gasteiger partial charge >= 0.3 is 0 Å². The molecule has 6 heteroatoms. The molecule has 1 aliphatic carbocycles. The zero-order chi connectivity index (χ0) is 15.3. The lowest BCUT2D eigenvalue weighted by Gasteiger charge is -2.32. The average molecular weight is 308 g/mol. The van der Waals surface area contributed by atoms with Gasteiger partial charge in [-0.05, 0) is 24.1 Å². The SMILES string of the molecule is c1cc(-c2cc3nc4c(cn3n2)CC2(CC4)OCCO2)ccn1. The number of aryl methyl sites for hydroxylation is 1. The molecule has 3 aromatic rings. The molecule has 0 bridgehead atoms. The molecule has 0 radical (unpaired) electrons. The van der Waals surface area contributed by atoms with E-state index in [0.29, 0.717) is 13.2 Å². The van der Waals surface area contributed by atoms with Crippen LogP contribution in [0.3, 0.4) is 0 Å². The van der Waals surface area contributed by atoms with Crippen LogP contribution < -0.4 is 0 Å². The van der Waals surface area contributed by atoms with Gasteiger partial charge in [-0.25, -0.2) is 9.50 Å². The van der Waals surface area contributed by atoms with Crippen LogP contribution in [0.25, 0.3) is 16.9 Å². The Morgan fingerprint density at radius 1 is 1.13 bits per heavy atom. The molecular formula is C17H16N4O2. The quantitative estimate of drug-likeness (QED) is 0.688. The normalized spacial score (nSPS) is 19.3. The maximum atomic E-state index is 5.84. The minimum Gasteiger partial charge on any atom is -0.347 e. The van der Waals surface area contributed by atoms with Crippen molar-refractivity contribution in [1.82, 2.24) is 19.6 Å². The highest BCUT2D eigenvalue weighted by molar-refractivity contribution is 5.63. The molecule has 1 saturated heterocycles. The van der Waals surface area contributed by atoms with Crippen LogP contribution in [0.15, 0.2) is 36.8 Å². The maximum Gasteiger partial charge on any atom is 0.172 e. The highest BCUT2D eigenvalue weighted by atomic mass is 16.7. The number of aromatic nitrogens is 4. The van der Waals surface area contributed by atoms with E-state index in [4.69, 9.17) is 14.5 Å². The highest BCUT2D eigenvalue weighted by Gasteiger charge is 2.40. The molecule has 1 aliphatic heterocycles. The third kappa shape index (κ3) is 2.14. The van der Waals surface area contributed by atoms with Crippen molar-refractivity contribution < 1.29 is 9.47 Å². The molecule has 2 aliphatic rings. The number of ether oxygens (including phenoxy) is 2. The Balaban J connectivity index is 1.57. The molecule has 0 atom stereocenters. The summed E-state index contributed by atoms with van der Waals surface area (Å²) in [6, 6.07) is 5.93. The van der Waals surface area contributed by atoms with E-state index in [2.05, 4.69) is 16.3 Å². The van der Waals surface area contributed by atoms with E-state index in [1.807, 2.05) is 22.7 Å². The van der Waals surface area contributed by atoms with Crippen LogP contribution in [-0.4, -0.2) is 38.6 Å². The van der Waals surface area contributed by atoms with Gasteiger partial charge in [0.05, 0.1) is 18.9 Å². The predicted octanol–water partition coefficient (Wildman–Crippen LogP) is 2.02. The Morgan fingerprint density at radius 3 is 2.78 bits per heavy atom. The molecule has 3 aromatic heterocycles. The summed E-state index contributed by atoms with van der Waals surface area (Å²) in [5.74, 6) is -0.441. The summed E-state index contributed by atoms with van der Waals surface area (Å²) in [5.41, 5.74) is 5.12. The zero-order valence-electron chi connectivity index (χ0n) is 12.6. The first kappa shape index (κ1) is 13.2. The van der Waals surface area contributed by atoms with Crippen LogP contribution in [0, 0.1) is 0 Å². The van der Waals surface area contributed by atoms with Gasteiger partial charge < -0.3 is 9.47 Å². The number of hydrogen-bond acceptors (Lipinski definition) is 5. The molecule has 4 heterocycles. The molecule has 1 spiro atoms. The number of hydrogen-bond donors (Lipinski definition) is 0. The van der Waals surface area contributed by atoms with Crippen LogP contribution in [-0.2, 0) is 22.3 Å². The maximum absolute atomic E-state index is 5.84. The molecule has 0 saturated carbocycles. The topological polar surface area (TPSA) is 61.5 Å². The third-order valence-electron chi connectivity index (χ3n) is 4.61. The van der Waals surface area contributed by atoms with Crippen molar-refractivity contribution in [1.29, 1.82) is 0 Å². The second kappa shape index (κ2) is 4.84. The summed E-state index contributed by atoms with van der Waals surface area (Å²) >= 11 is 0. The summed E-state index contributed by atoms with van der Waals surface area (Å²) in [4.78, 5) is 8.84. The molecule has 5 rings (SSSR count). The van der Waals surface area contributed by atoms with E-state index in [9.17, 15) is 0 Å². The highest BCUT2D eigenvalue weighted by Crippen LogP contribution is 2.34. The smallest absolute Gasteiger partial charge is 0.172 e. The van der Waals surface area contributed by atoms with Crippen molar-refractivity contribution in [3.63, 3.8) is 0 Å². The summed E-state index contributed by atoms with van der Waals surface area (Å²) in [6.07, 6.45) is 8.10. The van der Waals surface area contributed by atoms with E-state index >= 15 is 0 Å². The van der Waals surface area contributed by atoms with E-state index < -0.39 is 5.79 Å². The summed E-state index contributed by atoms with van der Waals surface area (Å²) in [7, 11) is 0. The van der Waals surface area contributed by atoms with E-state index in [-0.39, 0.29) is 0 Å². The van der Waals surface area contributed by atoms with Gasteiger partial charge in [-0.3, -0.25) is 4.98 Å². The number of fused-ring (bicyclic) bond motifs is 2. The fraction of sp³-hybridized carbons (Fsp3) is 0.353. The van der Waals surface area contributed by atoms with Crippen LogP contribution in [0.1, 0.15) is 17.7 Å². The van der Waals surface area contributed by atoms with Gasteiger partial charge in [0.1, 0.15) is 0 Å². The molecular weight excluding hydrogens is 292 g/mol. The second-order valence-electron chi connectivity index (χ2n) is 6.07. The molecule has 23 heavy (non-hydrogen) atoms. The van der Waals surface area contributed by atoms with Crippen LogP contribution in [0.5, 0.6) is 0 Å². The lowest BCUT2D eigenvalue weighted by molar-refractivity contribution is -0.164. The monoisotopic (exact) mass is 308 g/mol. The minimum absolute atomic E-state index is 0.441. The van der Waals surface area contributed by atoms with E-state index in [0.717, 1.165) is 47.4 Å². The van der Waals surface area contributed by atoms with Crippen LogP contribution in [0.2, 0.25) is 0 Å². The molecule has 1 fully saturated rings. The van der Waals surface area contributed by atoms with Gasteiger partial charge in [0.2, 0.25) is 0 Å². The fourth-order valence-corrected chi connectivity index (χ4v) is 3.45. The van der Waals surface area contributed by atoms with E-state index in [1.165, 1.54) is 0 Å². The van der Waals surface area contributed by atoms with Crippen molar-refractivity contribution >= 4 is 5.65 Å². The number of nitrogens with zero attached hydrogens (tertiary/aromatic N) is 4. The standard InChI is InChI=1S/C17H16N4O2/c1-4-17(22-7-8-23-17)10-13-11-21-16(19-14(1)13)9-15(20-21)12-2-5-18-6-3-12/h2-3,5-6,9,11H,1,4,7-8,10H2. The number of rotatable bonds is 1. The van der Waals surface area contributed by atoms with Gasteiger partial charge in [-0.2, -0.15) is 5.10 Å². The van der Waals surface area contributed by atoms with Crippen LogP contribution in [0.4, 0.5) is 0 Å². The van der Waals surface area contributed by atoms with Gasteiger partial charge in [-0.15, -0.1) is 0 Å². The lowest BCUT2D eigenvalue weighted by atomic mass is 9.91. The van der Waals surface area contributed by atoms with Crippen molar-refractivity contribution in [2.45, 2.75) is 25.0 Å². The Bertz CT molecular complexity index is 869. The van der Waals surface area contributed by atoms with Gasteiger partial charge in [0.25, 0.3) is 0 Å². The molecule has 0 unspecified atom stereocenters. The number of pyridine rings is 1. The van der Waals surface area contributed by atoms with Crippen molar-refractivity contribution in [3.05, 3.63) is 48.0 Å². The molecule has 6 nitrogen and oxygen atoms in total. The van der Waals surface area contributed by atoms with Gasteiger partial charge in [-0.1, -0.05) is 0 Å². The van der Waals surface area contributed by atoms with Crippen molar-refractivity contribution in [2.75, 3.05) is 13.2 Å². The Morgan fingerprint density at radius 2 is 1.96 bits per heavy atom. The molecule has 116 valence electrons. The lowest BCUT2D eigenvalue weighted by Crippen LogP contribution is -2.37. The molecule has 0 N–H and O–H groups in total. The minimum atomic E-state index is -0.441. The Kier molecular flexibility index (Phi) is 2.77. The first-order valence-corrected chi connectivity index (χ1v) is 7.88. The van der Waals surface area contributed by atoms with E-state index in [1.54, 1.807) is 12.4 Å². The van der Waals surface area contributed by atoms with Crippen molar-refractivity contribution in [3.8, 4) is 11.3 Å². The predicted molar refractivity (Wildman–Crippen MR) is 82.9 cm³/mol. The summed E-state index contributed by atoms with van der Waals surface area (Å²) in [5, 5.41) is 4.65. The summed E-state index contributed by atoms with van der Waals surface area (Å²) < 4.78 is 13.5. The fourth-order valence-electron chi connectivity index (χ4n) is 3.45. The largest absolute Gasteiger partial charge is 0.347 e. The van der Waals surface area contributed by atoms with Gasteiger partial charge in [0, 0.05) is 48.8 Å².